The number of nitrogens with one attached hydrogen (secondary N) is 1. The fourth-order valence-corrected chi connectivity index (χ4v) is 3.97. The molecule has 0 saturated carbocycles. The molecule has 192 valence electrons. The van der Waals surface area contributed by atoms with Crippen molar-refractivity contribution in [2.24, 2.45) is 0 Å². The zero-order chi connectivity index (χ0) is 26.2. The molecule has 1 aromatic carbocycles. The molecule has 2 aromatic rings. The van der Waals surface area contributed by atoms with Crippen molar-refractivity contribution >= 4 is 35.5 Å². The van der Waals surface area contributed by atoms with Crippen LogP contribution in [0, 0.1) is 6.92 Å². The molecule has 12 heteroatoms. The lowest BCUT2D eigenvalue weighted by molar-refractivity contribution is -0.138. The number of piperazine rings is 1. The lowest BCUT2D eigenvalue weighted by Crippen LogP contribution is -2.56. The van der Waals surface area contributed by atoms with Crippen LogP contribution in [0.1, 0.15) is 35.9 Å². The summed E-state index contributed by atoms with van der Waals surface area (Å²) in [6.45, 7) is 4.69. The van der Waals surface area contributed by atoms with Crippen molar-refractivity contribution in [3.8, 4) is 11.4 Å². The van der Waals surface area contributed by atoms with Gasteiger partial charge in [-0.25, -0.2) is 14.8 Å². The van der Waals surface area contributed by atoms with E-state index in [0.717, 1.165) is 0 Å². The molecule has 2 heterocycles. The SMILES string of the molecule is CCOC(=O)N1CCN(C(=O)[C@H](CCC(=O)O)NC(=O)c2cc(C)nc(-c3ccccc3Cl)n2)CC1. The average Bonchev–Trinajstić information content (AvgIpc) is 2.86. The van der Waals surface area contributed by atoms with Gasteiger partial charge in [-0.2, -0.15) is 0 Å². The van der Waals surface area contributed by atoms with Crippen LogP contribution in [0.2, 0.25) is 5.02 Å². The van der Waals surface area contributed by atoms with Gasteiger partial charge in [0, 0.05) is 43.9 Å². The molecular formula is C24H28ClN5O6. The maximum atomic E-state index is 13.2. The van der Waals surface area contributed by atoms with Crippen LogP contribution in [0.15, 0.2) is 30.3 Å². The Labute approximate surface area is 213 Å². The third-order valence-corrected chi connectivity index (χ3v) is 5.90. The quantitative estimate of drug-likeness (QED) is 0.543. The van der Waals surface area contributed by atoms with E-state index < -0.39 is 29.9 Å². The van der Waals surface area contributed by atoms with Gasteiger partial charge in [0.1, 0.15) is 11.7 Å². The number of halogens is 1. The van der Waals surface area contributed by atoms with Crippen LogP contribution < -0.4 is 5.32 Å². The third kappa shape index (κ3) is 6.91. The number of aromatic nitrogens is 2. The number of carboxylic acids is 1. The lowest BCUT2D eigenvalue weighted by atomic mass is 10.1. The Morgan fingerprint density at radius 2 is 1.78 bits per heavy atom. The van der Waals surface area contributed by atoms with Crippen molar-refractivity contribution in [2.45, 2.75) is 32.7 Å². The second kappa shape index (κ2) is 12.3. The summed E-state index contributed by atoms with van der Waals surface area (Å²) in [5.74, 6) is -1.89. The summed E-state index contributed by atoms with van der Waals surface area (Å²) in [5.41, 5.74) is 1.10. The van der Waals surface area contributed by atoms with E-state index in [2.05, 4.69) is 15.3 Å². The van der Waals surface area contributed by atoms with Crippen LogP contribution in [0.3, 0.4) is 0 Å². The Bertz CT molecular complexity index is 1140. The third-order valence-electron chi connectivity index (χ3n) is 5.57. The van der Waals surface area contributed by atoms with Crippen LogP contribution >= 0.6 is 11.6 Å². The molecule has 0 bridgehead atoms. The Balaban J connectivity index is 1.75. The first-order chi connectivity index (χ1) is 17.2. The van der Waals surface area contributed by atoms with Gasteiger partial charge in [-0.1, -0.05) is 23.7 Å². The molecule has 1 fully saturated rings. The number of benzene rings is 1. The summed E-state index contributed by atoms with van der Waals surface area (Å²) in [6.07, 6.45) is -0.860. The summed E-state index contributed by atoms with van der Waals surface area (Å²) in [6, 6.07) is 7.35. The molecule has 36 heavy (non-hydrogen) atoms. The van der Waals surface area contributed by atoms with Gasteiger partial charge in [-0.15, -0.1) is 0 Å². The first kappa shape index (κ1) is 26.9. The molecule has 1 aliphatic heterocycles. The average molecular weight is 518 g/mol. The summed E-state index contributed by atoms with van der Waals surface area (Å²) in [4.78, 5) is 61.1. The Morgan fingerprint density at radius 1 is 1.11 bits per heavy atom. The van der Waals surface area contributed by atoms with E-state index in [0.29, 0.717) is 16.3 Å². The molecule has 0 radical (unpaired) electrons. The fourth-order valence-electron chi connectivity index (χ4n) is 3.75. The van der Waals surface area contributed by atoms with Crippen LogP contribution in [0.5, 0.6) is 0 Å². The number of ether oxygens (including phenoxy) is 1. The number of amides is 3. The Morgan fingerprint density at radius 3 is 2.42 bits per heavy atom. The molecule has 2 N–H and O–H groups in total. The van der Waals surface area contributed by atoms with Gasteiger partial charge in [0.15, 0.2) is 5.82 Å². The number of rotatable bonds is 8. The smallest absolute Gasteiger partial charge is 0.409 e. The molecule has 11 nitrogen and oxygen atoms in total. The number of aryl methyl sites for hydroxylation is 1. The zero-order valence-corrected chi connectivity index (χ0v) is 20.8. The molecule has 3 rings (SSSR count). The second-order valence-corrected chi connectivity index (χ2v) is 8.57. The van der Waals surface area contributed by atoms with E-state index in [1.165, 1.54) is 15.9 Å². The zero-order valence-electron chi connectivity index (χ0n) is 20.1. The van der Waals surface area contributed by atoms with Gasteiger partial charge < -0.3 is 25.0 Å². The van der Waals surface area contributed by atoms with E-state index in [1.54, 1.807) is 38.1 Å². The molecule has 1 aliphatic rings. The summed E-state index contributed by atoms with van der Waals surface area (Å²) >= 11 is 6.25. The van der Waals surface area contributed by atoms with Crippen LogP contribution in [0.25, 0.3) is 11.4 Å². The van der Waals surface area contributed by atoms with Crippen LogP contribution in [-0.4, -0.2) is 87.6 Å². The minimum atomic E-state index is -1.09. The van der Waals surface area contributed by atoms with Gasteiger partial charge in [0.05, 0.1) is 11.6 Å². The Kier molecular flexibility index (Phi) is 9.18. The maximum Gasteiger partial charge on any atom is 0.409 e. The van der Waals surface area contributed by atoms with E-state index in [9.17, 15) is 19.2 Å². The molecule has 0 spiro atoms. The monoisotopic (exact) mass is 517 g/mol. The fraction of sp³-hybridized carbons (Fsp3) is 0.417. The second-order valence-electron chi connectivity index (χ2n) is 8.17. The summed E-state index contributed by atoms with van der Waals surface area (Å²) in [7, 11) is 0. The van der Waals surface area contributed by atoms with Gasteiger partial charge in [-0.05, 0) is 38.5 Å². The minimum absolute atomic E-state index is 0.0256. The van der Waals surface area contributed by atoms with E-state index >= 15 is 0 Å². The van der Waals surface area contributed by atoms with E-state index in [4.69, 9.17) is 21.4 Å². The van der Waals surface area contributed by atoms with Gasteiger partial charge in [0.25, 0.3) is 5.91 Å². The van der Waals surface area contributed by atoms with Crippen molar-refractivity contribution in [3.63, 3.8) is 0 Å². The standard InChI is InChI=1S/C24H28ClN5O6/c1-3-36-24(35)30-12-10-29(11-13-30)23(34)18(8-9-20(31)32)28-22(33)19-14-15(2)26-21(27-19)16-6-4-5-7-17(16)25/h4-7,14,18H,3,8-13H2,1-2H3,(H,28,33)(H,31,32)/t18-/m0/s1. The number of nitrogens with zero attached hydrogens (tertiary/aromatic N) is 4. The van der Waals surface area contributed by atoms with Crippen molar-refractivity contribution in [1.82, 2.24) is 25.1 Å². The molecule has 1 saturated heterocycles. The van der Waals surface area contributed by atoms with Crippen molar-refractivity contribution in [1.29, 1.82) is 0 Å². The topological polar surface area (TPSA) is 142 Å². The predicted octanol–water partition coefficient (Wildman–Crippen LogP) is 2.37. The number of hydrogen-bond acceptors (Lipinski definition) is 7. The predicted molar refractivity (Wildman–Crippen MR) is 131 cm³/mol. The van der Waals surface area contributed by atoms with E-state index in [1.807, 2.05) is 0 Å². The van der Waals surface area contributed by atoms with E-state index in [-0.39, 0.29) is 57.1 Å². The Hall–Kier alpha value is -3.73. The number of carbonyl (C=O) groups is 4. The highest BCUT2D eigenvalue weighted by atomic mass is 35.5. The molecule has 1 aromatic heterocycles. The van der Waals surface area contributed by atoms with Gasteiger partial charge in [0.2, 0.25) is 5.91 Å². The molecule has 1 atom stereocenters. The van der Waals surface area contributed by atoms with Crippen molar-refractivity contribution < 1.29 is 29.0 Å². The van der Waals surface area contributed by atoms with Gasteiger partial charge in [-0.3, -0.25) is 14.4 Å². The highest BCUT2D eigenvalue weighted by Crippen LogP contribution is 2.25. The number of aliphatic carboxylic acids is 1. The van der Waals surface area contributed by atoms with Crippen molar-refractivity contribution in [2.75, 3.05) is 32.8 Å². The van der Waals surface area contributed by atoms with Crippen molar-refractivity contribution in [3.05, 3.63) is 46.7 Å². The largest absolute Gasteiger partial charge is 0.481 e. The first-order valence-electron chi connectivity index (χ1n) is 11.5. The lowest BCUT2D eigenvalue weighted by Gasteiger charge is -2.35. The maximum absolute atomic E-state index is 13.2. The molecule has 3 amide bonds. The molecule has 0 unspecified atom stereocenters. The highest BCUT2D eigenvalue weighted by Gasteiger charge is 2.31. The minimum Gasteiger partial charge on any atom is -0.481 e. The van der Waals surface area contributed by atoms with Crippen LogP contribution in [-0.2, 0) is 14.3 Å². The molecule has 0 aliphatic carbocycles. The van der Waals surface area contributed by atoms with Gasteiger partial charge >= 0.3 is 12.1 Å². The molecular weight excluding hydrogens is 490 g/mol. The summed E-state index contributed by atoms with van der Waals surface area (Å²) < 4.78 is 4.99. The van der Waals surface area contributed by atoms with Crippen LogP contribution in [0.4, 0.5) is 4.79 Å². The summed E-state index contributed by atoms with van der Waals surface area (Å²) in [5, 5.41) is 12.2. The first-order valence-corrected chi connectivity index (χ1v) is 11.9. The number of carbonyl (C=O) groups excluding carboxylic acids is 3. The number of carboxylic acid groups (broad SMARTS) is 1. The normalized spacial score (nSPS) is 14.2. The number of hydrogen-bond donors (Lipinski definition) is 2. The highest BCUT2D eigenvalue weighted by molar-refractivity contribution is 6.33.